The second-order valence-electron chi connectivity index (χ2n) is 5.86. The summed E-state index contributed by atoms with van der Waals surface area (Å²) in [5.41, 5.74) is 2.60. The van der Waals surface area contributed by atoms with Crippen LogP contribution in [-0.4, -0.2) is 30.1 Å². The maximum Gasteiger partial charge on any atom is 0.341 e. The average Bonchev–Trinajstić information content (AvgIpc) is 2.68. The Hall–Kier alpha value is -2.93. The summed E-state index contributed by atoms with van der Waals surface area (Å²) in [6.45, 7) is 4.02. The SMILES string of the molecule is CCOC(=O)c1ccc2ncc(C(=O)OCC)c(Nc3cccc(Br)c3)c2c1. The van der Waals surface area contributed by atoms with Gasteiger partial charge in [-0.15, -0.1) is 0 Å². The van der Waals surface area contributed by atoms with E-state index in [2.05, 4.69) is 26.2 Å². The summed E-state index contributed by atoms with van der Waals surface area (Å²) in [7, 11) is 0. The molecular weight excluding hydrogens is 424 g/mol. The first kappa shape index (κ1) is 19.8. The third kappa shape index (κ3) is 4.31. The number of hydrogen-bond donors (Lipinski definition) is 1. The Morgan fingerprint density at radius 2 is 1.79 bits per heavy atom. The van der Waals surface area contributed by atoms with E-state index in [9.17, 15) is 9.59 Å². The van der Waals surface area contributed by atoms with Crippen molar-refractivity contribution in [1.82, 2.24) is 4.98 Å². The monoisotopic (exact) mass is 442 g/mol. The number of rotatable bonds is 6. The molecule has 0 aliphatic carbocycles. The molecule has 28 heavy (non-hydrogen) atoms. The lowest BCUT2D eigenvalue weighted by atomic mass is 10.1. The zero-order chi connectivity index (χ0) is 20.1. The molecule has 7 heteroatoms. The Kier molecular flexibility index (Phi) is 6.26. The van der Waals surface area contributed by atoms with Gasteiger partial charge >= 0.3 is 11.9 Å². The Morgan fingerprint density at radius 3 is 2.50 bits per heavy atom. The summed E-state index contributed by atoms with van der Waals surface area (Å²) in [5, 5.41) is 3.89. The van der Waals surface area contributed by atoms with Crippen LogP contribution in [0.15, 0.2) is 53.1 Å². The van der Waals surface area contributed by atoms with Crippen molar-refractivity contribution in [2.75, 3.05) is 18.5 Å². The molecule has 144 valence electrons. The predicted octanol–water partition coefficient (Wildman–Crippen LogP) is 5.09. The van der Waals surface area contributed by atoms with Gasteiger partial charge < -0.3 is 14.8 Å². The number of esters is 2. The van der Waals surface area contributed by atoms with Crippen LogP contribution in [0.4, 0.5) is 11.4 Å². The van der Waals surface area contributed by atoms with E-state index in [0.717, 1.165) is 10.2 Å². The molecule has 0 aliphatic heterocycles. The highest BCUT2D eigenvalue weighted by molar-refractivity contribution is 9.10. The number of fused-ring (bicyclic) bond motifs is 1. The number of aromatic nitrogens is 1. The smallest absolute Gasteiger partial charge is 0.341 e. The molecule has 0 aliphatic rings. The lowest BCUT2D eigenvalue weighted by Gasteiger charge is -2.15. The number of hydrogen-bond acceptors (Lipinski definition) is 6. The molecule has 0 amide bonds. The van der Waals surface area contributed by atoms with Crippen LogP contribution in [0.3, 0.4) is 0 Å². The Bertz CT molecular complexity index is 1030. The quantitative estimate of drug-likeness (QED) is 0.535. The third-order valence-electron chi connectivity index (χ3n) is 3.97. The van der Waals surface area contributed by atoms with Crippen LogP contribution in [0.1, 0.15) is 34.6 Å². The Labute approximate surface area is 171 Å². The van der Waals surface area contributed by atoms with E-state index in [1.807, 2.05) is 24.3 Å². The summed E-state index contributed by atoms with van der Waals surface area (Å²) in [6, 6.07) is 12.6. The number of halogens is 1. The van der Waals surface area contributed by atoms with Crippen LogP contribution >= 0.6 is 15.9 Å². The predicted molar refractivity (Wildman–Crippen MR) is 111 cm³/mol. The highest BCUT2D eigenvalue weighted by Gasteiger charge is 2.18. The van der Waals surface area contributed by atoms with E-state index in [0.29, 0.717) is 22.2 Å². The molecule has 1 N–H and O–H groups in total. The lowest BCUT2D eigenvalue weighted by molar-refractivity contribution is 0.0518. The molecular formula is C21H19BrN2O4. The van der Waals surface area contributed by atoms with E-state index < -0.39 is 11.9 Å². The first-order valence-electron chi connectivity index (χ1n) is 8.83. The standard InChI is InChI=1S/C21H19BrN2O4/c1-3-27-20(25)13-8-9-18-16(10-13)19(17(12-23-18)21(26)28-4-2)24-15-7-5-6-14(22)11-15/h5-12H,3-4H2,1-2H3,(H,23,24). The maximum atomic E-state index is 12.5. The van der Waals surface area contributed by atoms with Gasteiger partial charge in [0, 0.05) is 21.7 Å². The molecule has 1 heterocycles. The summed E-state index contributed by atoms with van der Waals surface area (Å²) in [6.07, 6.45) is 1.48. The topological polar surface area (TPSA) is 77.5 Å². The zero-order valence-corrected chi connectivity index (χ0v) is 17.1. The summed E-state index contributed by atoms with van der Waals surface area (Å²) >= 11 is 3.44. The fraction of sp³-hybridized carbons (Fsp3) is 0.190. The minimum Gasteiger partial charge on any atom is -0.462 e. The van der Waals surface area contributed by atoms with Crippen molar-refractivity contribution >= 4 is 50.1 Å². The molecule has 1 aromatic heterocycles. The number of benzene rings is 2. The van der Waals surface area contributed by atoms with E-state index in [1.165, 1.54) is 6.20 Å². The van der Waals surface area contributed by atoms with Gasteiger partial charge in [0.15, 0.2) is 0 Å². The van der Waals surface area contributed by atoms with Crippen molar-refractivity contribution < 1.29 is 19.1 Å². The van der Waals surface area contributed by atoms with Gasteiger partial charge in [-0.25, -0.2) is 9.59 Å². The molecule has 0 atom stereocenters. The molecule has 2 aromatic carbocycles. The van der Waals surface area contributed by atoms with E-state index in [4.69, 9.17) is 9.47 Å². The number of ether oxygens (including phenoxy) is 2. The highest BCUT2D eigenvalue weighted by atomic mass is 79.9. The Morgan fingerprint density at radius 1 is 1.04 bits per heavy atom. The number of carbonyl (C=O) groups excluding carboxylic acids is 2. The largest absolute Gasteiger partial charge is 0.462 e. The van der Waals surface area contributed by atoms with Gasteiger partial charge in [0.1, 0.15) is 5.56 Å². The van der Waals surface area contributed by atoms with Crippen LogP contribution < -0.4 is 5.32 Å². The van der Waals surface area contributed by atoms with Crippen molar-refractivity contribution in [3.8, 4) is 0 Å². The number of nitrogens with one attached hydrogen (secondary N) is 1. The number of carbonyl (C=O) groups is 2. The lowest BCUT2D eigenvalue weighted by Crippen LogP contribution is -2.10. The van der Waals surface area contributed by atoms with Crippen molar-refractivity contribution in [2.45, 2.75) is 13.8 Å². The van der Waals surface area contributed by atoms with Crippen LogP contribution in [0.25, 0.3) is 10.9 Å². The van der Waals surface area contributed by atoms with Gasteiger partial charge in [-0.05, 0) is 50.2 Å². The van der Waals surface area contributed by atoms with E-state index in [-0.39, 0.29) is 18.8 Å². The van der Waals surface area contributed by atoms with Gasteiger partial charge in [0.05, 0.1) is 30.0 Å². The molecule has 0 unspecified atom stereocenters. The van der Waals surface area contributed by atoms with Crippen molar-refractivity contribution in [3.63, 3.8) is 0 Å². The molecule has 6 nitrogen and oxygen atoms in total. The maximum absolute atomic E-state index is 12.5. The summed E-state index contributed by atoms with van der Waals surface area (Å²) in [5.74, 6) is -0.921. The summed E-state index contributed by atoms with van der Waals surface area (Å²) < 4.78 is 11.2. The minimum atomic E-state index is -0.490. The minimum absolute atomic E-state index is 0.246. The molecule has 0 saturated carbocycles. The first-order valence-corrected chi connectivity index (χ1v) is 9.62. The molecule has 0 saturated heterocycles. The molecule has 0 radical (unpaired) electrons. The average molecular weight is 443 g/mol. The van der Waals surface area contributed by atoms with Crippen LogP contribution in [0.5, 0.6) is 0 Å². The second kappa shape index (κ2) is 8.84. The van der Waals surface area contributed by atoms with E-state index in [1.54, 1.807) is 32.0 Å². The van der Waals surface area contributed by atoms with Gasteiger partial charge in [-0.2, -0.15) is 0 Å². The molecule has 0 bridgehead atoms. The van der Waals surface area contributed by atoms with Crippen molar-refractivity contribution in [2.24, 2.45) is 0 Å². The summed E-state index contributed by atoms with van der Waals surface area (Å²) in [4.78, 5) is 29.0. The Balaban J connectivity index is 2.18. The van der Waals surface area contributed by atoms with Crippen LogP contribution in [0, 0.1) is 0 Å². The zero-order valence-electron chi connectivity index (χ0n) is 15.5. The highest BCUT2D eigenvalue weighted by Crippen LogP contribution is 2.31. The van der Waals surface area contributed by atoms with Gasteiger partial charge in [0.2, 0.25) is 0 Å². The second-order valence-corrected chi connectivity index (χ2v) is 6.77. The molecule has 3 rings (SSSR count). The number of nitrogens with zero attached hydrogens (tertiary/aromatic N) is 1. The van der Waals surface area contributed by atoms with Gasteiger partial charge in [0.25, 0.3) is 0 Å². The normalized spacial score (nSPS) is 10.5. The number of anilines is 2. The van der Waals surface area contributed by atoms with Crippen molar-refractivity contribution in [1.29, 1.82) is 0 Å². The fourth-order valence-corrected chi connectivity index (χ4v) is 3.14. The van der Waals surface area contributed by atoms with Gasteiger partial charge in [-0.3, -0.25) is 4.98 Å². The van der Waals surface area contributed by atoms with Gasteiger partial charge in [-0.1, -0.05) is 22.0 Å². The fourth-order valence-electron chi connectivity index (χ4n) is 2.74. The van der Waals surface area contributed by atoms with Crippen LogP contribution in [-0.2, 0) is 9.47 Å². The van der Waals surface area contributed by atoms with E-state index >= 15 is 0 Å². The number of pyridine rings is 1. The molecule has 0 fully saturated rings. The first-order chi connectivity index (χ1) is 13.5. The van der Waals surface area contributed by atoms with Crippen LogP contribution in [0.2, 0.25) is 0 Å². The molecule has 0 spiro atoms. The van der Waals surface area contributed by atoms with Crippen molar-refractivity contribution in [3.05, 3.63) is 64.3 Å². The molecule has 3 aromatic rings. The third-order valence-corrected chi connectivity index (χ3v) is 4.46.